The highest BCUT2D eigenvalue weighted by atomic mass is 79.9. The Labute approximate surface area is 104 Å². The van der Waals surface area contributed by atoms with Crippen molar-refractivity contribution in [3.8, 4) is 6.07 Å². The van der Waals surface area contributed by atoms with Crippen molar-refractivity contribution < 1.29 is 9.84 Å². The second kappa shape index (κ2) is 6.00. The Bertz CT molecular complexity index is 372. The van der Waals surface area contributed by atoms with E-state index in [9.17, 15) is 0 Å². The fourth-order valence-corrected chi connectivity index (χ4v) is 1.65. The molecule has 0 spiro atoms. The van der Waals surface area contributed by atoms with Gasteiger partial charge in [-0.05, 0) is 24.6 Å². The molecule has 0 aromatic heterocycles. The lowest BCUT2D eigenvalue weighted by Crippen LogP contribution is -2.30. The van der Waals surface area contributed by atoms with E-state index in [-0.39, 0.29) is 13.2 Å². The number of aliphatic hydroxyl groups excluding tert-OH is 1. The van der Waals surface area contributed by atoms with Crippen molar-refractivity contribution in [1.29, 1.82) is 5.26 Å². The summed E-state index contributed by atoms with van der Waals surface area (Å²) in [6.07, 6.45) is 0.511. The largest absolute Gasteiger partial charge is 0.394 e. The van der Waals surface area contributed by atoms with Gasteiger partial charge in [0, 0.05) is 10.9 Å². The van der Waals surface area contributed by atoms with Gasteiger partial charge in [0.1, 0.15) is 0 Å². The molecule has 0 aliphatic heterocycles. The van der Waals surface area contributed by atoms with Crippen molar-refractivity contribution >= 4 is 15.9 Å². The van der Waals surface area contributed by atoms with E-state index in [1.807, 2.05) is 24.3 Å². The number of nitriles is 1. The maximum Gasteiger partial charge on any atom is 0.155 e. The van der Waals surface area contributed by atoms with E-state index in [4.69, 9.17) is 15.1 Å². The molecule has 1 atom stereocenters. The Kier molecular flexibility index (Phi) is 4.94. The van der Waals surface area contributed by atoms with Crippen LogP contribution >= 0.6 is 15.9 Å². The van der Waals surface area contributed by atoms with E-state index in [1.54, 1.807) is 6.92 Å². The number of benzene rings is 1. The summed E-state index contributed by atoms with van der Waals surface area (Å²) in [7, 11) is 0. The molecule has 16 heavy (non-hydrogen) atoms. The summed E-state index contributed by atoms with van der Waals surface area (Å²) < 4.78 is 6.35. The van der Waals surface area contributed by atoms with Crippen LogP contribution in [0.3, 0.4) is 0 Å². The third-order valence-electron chi connectivity index (χ3n) is 2.20. The summed E-state index contributed by atoms with van der Waals surface area (Å²) in [6.45, 7) is 1.84. The van der Waals surface area contributed by atoms with Gasteiger partial charge in [0.2, 0.25) is 0 Å². The second-order valence-corrected chi connectivity index (χ2v) is 4.63. The van der Waals surface area contributed by atoms with Gasteiger partial charge in [-0.2, -0.15) is 5.26 Å². The zero-order chi connectivity index (χ0) is 12.0. The van der Waals surface area contributed by atoms with Gasteiger partial charge in [-0.3, -0.25) is 0 Å². The molecule has 0 bridgehead atoms. The molecule has 1 rings (SSSR count). The molecule has 3 nitrogen and oxygen atoms in total. The van der Waals surface area contributed by atoms with Crippen molar-refractivity contribution in [1.82, 2.24) is 0 Å². The maximum absolute atomic E-state index is 9.06. The van der Waals surface area contributed by atoms with E-state index >= 15 is 0 Å². The Hall–Kier alpha value is -0.890. The van der Waals surface area contributed by atoms with Crippen molar-refractivity contribution in [2.24, 2.45) is 0 Å². The van der Waals surface area contributed by atoms with E-state index < -0.39 is 5.60 Å². The number of aliphatic hydroxyl groups is 1. The Balaban J connectivity index is 2.69. The highest BCUT2D eigenvalue weighted by Crippen LogP contribution is 2.18. The summed E-state index contributed by atoms with van der Waals surface area (Å²) in [6, 6.07) is 9.88. The SMILES string of the molecule is CC(C#N)(Cc1ccc(Br)cc1)OCCO. The van der Waals surface area contributed by atoms with Gasteiger partial charge in [-0.1, -0.05) is 28.1 Å². The molecule has 0 saturated heterocycles. The summed E-state index contributed by atoms with van der Waals surface area (Å²) in [5, 5.41) is 17.7. The molecule has 1 aromatic rings. The van der Waals surface area contributed by atoms with Crippen molar-refractivity contribution in [3.63, 3.8) is 0 Å². The number of halogens is 1. The molecular formula is C12H14BrNO2. The minimum Gasteiger partial charge on any atom is -0.394 e. The van der Waals surface area contributed by atoms with Crippen LogP contribution in [0.1, 0.15) is 12.5 Å². The van der Waals surface area contributed by atoms with Crippen molar-refractivity contribution in [3.05, 3.63) is 34.3 Å². The standard InChI is InChI=1S/C12H14BrNO2/c1-12(9-14,16-7-6-15)8-10-2-4-11(13)5-3-10/h2-5,15H,6-8H2,1H3. The van der Waals surface area contributed by atoms with E-state index in [0.717, 1.165) is 10.0 Å². The van der Waals surface area contributed by atoms with Gasteiger partial charge in [-0.25, -0.2) is 0 Å². The Morgan fingerprint density at radius 1 is 1.44 bits per heavy atom. The third kappa shape index (κ3) is 3.93. The number of hydrogen-bond donors (Lipinski definition) is 1. The quantitative estimate of drug-likeness (QED) is 0.902. The van der Waals surface area contributed by atoms with Crippen LogP contribution < -0.4 is 0 Å². The van der Waals surface area contributed by atoms with Gasteiger partial charge in [0.05, 0.1) is 19.3 Å². The first kappa shape index (κ1) is 13.2. The summed E-state index contributed by atoms with van der Waals surface area (Å²) in [5.74, 6) is 0. The van der Waals surface area contributed by atoms with Crippen LogP contribution in [0, 0.1) is 11.3 Å². The second-order valence-electron chi connectivity index (χ2n) is 3.72. The minimum atomic E-state index is -0.878. The summed E-state index contributed by atoms with van der Waals surface area (Å²) >= 11 is 3.35. The van der Waals surface area contributed by atoms with Gasteiger partial charge >= 0.3 is 0 Å². The normalized spacial score (nSPS) is 14.1. The van der Waals surface area contributed by atoms with Crippen molar-refractivity contribution in [2.75, 3.05) is 13.2 Å². The molecule has 0 aliphatic carbocycles. The first-order chi connectivity index (χ1) is 7.59. The Morgan fingerprint density at radius 3 is 2.56 bits per heavy atom. The lowest BCUT2D eigenvalue weighted by molar-refractivity contribution is -0.00698. The molecule has 0 fully saturated rings. The van der Waals surface area contributed by atoms with Crippen LogP contribution in [0.25, 0.3) is 0 Å². The lowest BCUT2D eigenvalue weighted by atomic mass is 9.98. The summed E-state index contributed by atoms with van der Waals surface area (Å²) in [4.78, 5) is 0. The first-order valence-corrected chi connectivity index (χ1v) is 5.79. The highest BCUT2D eigenvalue weighted by molar-refractivity contribution is 9.10. The highest BCUT2D eigenvalue weighted by Gasteiger charge is 2.24. The topological polar surface area (TPSA) is 53.2 Å². The molecule has 0 saturated carbocycles. The average molecular weight is 284 g/mol. The van der Waals surface area contributed by atoms with E-state index in [0.29, 0.717) is 6.42 Å². The third-order valence-corrected chi connectivity index (χ3v) is 2.73. The van der Waals surface area contributed by atoms with Crippen LogP contribution in [0.5, 0.6) is 0 Å². The van der Waals surface area contributed by atoms with Gasteiger partial charge in [-0.15, -0.1) is 0 Å². The van der Waals surface area contributed by atoms with E-state index in [1.165, 1.54) is 0 Å². The zero-order valence-electron chi connectivity index (χ0n) is 9.11. The molecule has 1 N–H and O–H groups in total. The smallest absolute Gasteiger partial charge is 0.155 e. The van der Waals surface area contributed by atoms with Gasteiger partial charge in [0.25, 0.3) is 0 Å². The number of nitrogens with zero attached hydrogens (tertiary/aromatic N) is 1. The monoisotopic (exact) mass is 283 g/mol. The van der Waals surface area contributed by atoms with Crippen LogP contribution in [0.15, 0.2) is 28.7 Å². The van der Waals surface area contributed by atoms with Crippen LogP contribution in [-0.4, -0.2) is 23.9 Å². The van der Waals surface area contributed by atoms with Crippen LogP contribution in [0.2, 0.25) is 0 Å². The lowest BCUT2D eigenvalue weighted by Gasteiger charge is -2.21. The fraction of sp³-hybridized carbons (Fsp3) is 0.417. The predicted octanol–water partition coefficient (Wildman–Crippen LogP) is 2.28. The molecule has 86 valence electrons. The van der Waals surface area contributed by atoms with Gasteiger partial charge < -0.3 is 9.84 Å². The van der Waals surface area contributed by atoms with Crippen LogP contribution in [-0.2, 0) is 11.2 Å². The average Bonchev–Trinajstić information content (AvgIpc) is 2.30. The van der Waals surface area contributed by atoms with E-state index in [2.05, 4.69) is 22.0 Å². The van der Waals surface area contributed by atoms with Gasteiger partial charge in [0.15, 0.2) is 5.60 Å². The fourth-order valence-electron chi connectivity index (χ4n) is 1.39. The summed E-state index contributed by atoms with van der Waals surface area (Å²) in [5.41, 5.74) is 0.154. The molecule has 1 aromatic carbocycles. The molecule has 0 amide bonds. The van der Waals surface area contributed by atoms with Crippen molar-refractivity contribution in [2.45, 2.75) is 18.9 Å². The first-order valence-electron chi connectivity index (χ1n) is 5.00. The maximum atomic E-state index is 9.06. The molecule has 1 unspecified atom stereocenters. The number of rotatable bonds is 5. The molecule has 0 radical (unpaired) electrons. The zero-order valence-corrected chi connectivity index (χ0v) is 10.7. The number of ether oxygens (including phenoxy) is 1. The molecule has 0 heterocycles. The molecule has 4 heteroatoms. The molecule has 0 aliphatic rings. The van der Waals surface area contributed by atoms with Crippen LogP contribution in [0.4, 0.5) is 0 Å². The Morgan fingerprint density at radius 2 is 2.06 bits per heavy atom. The molecular weight excluding hydrogens is 270 g/mol. The predicted molar refractivity (Wildman–Crippen MR) is 64.9 cm³/mol. The minimum absolute atomic E-state index is 0.0718. The number of hydrogen-bond acceptors (Lipinski definition) is 3.